The van der Waals surface area contributed by atoms with Gasteiger partial charge in [0.15, 0.2) is 0 Å². The second-order valence-electron chi connectivity index (χ2n) is 4.11. The highest BCUT2D eigenvalue weighted by atomic mass is 32.1. The minimum absolute atomic E-state index is 0.238. The highest BCUT2D eigenvalue weighted by molar-refractivity contribution is 7.20. The lowest BCUT2D eigenvalue weighted by Crippen LogP contribution is -2.21. The lowest BCUT2D eigenvalue weighted by atomic mass is 10.1. The van der Waals surface area contributed by atoms with Gasteiger partial charge in [-0.1, -0.05) is 18.2 Å². The fourth-order valence-electron chi connectivity index (χ4n) is 1.77. The van der Waals surface area contributed by atoms with Crippen molar-refractivity contribution < 1.29 is 9.59 Å². The number of urea groups is 1. The van der Waals surface area contributed by atoms with Crippen LogP contribution in [0.1, 0.15) is 15.9 Å². The Morgan fingerprint density at radius 3 is 2.55 bits per heavy atom. The van der Waals surface area contributed by atoms with Gasteiger partial charge in [-0.3, -0.25) is 10.1 Å². The van der Waals surface area contributed by atoms with Crippen molar-refractivity contribution in [2.24, 2.45) is 17.2 Å². The van der Waals surface area contributed by atoms with Crippen molar-refractivity contribution in [3.63, 3.8) is 0 Å². The van der Waals surface area contributed by atoms with E-state index >= 15 is 0 Å². The summed E-state index contributed by atoms with van der Waals surface area (Å²) in [6.07, 6.45) is 0. The summed E-state index contributed by atoms with van der Waals surface area (Å²) < 4.78 is 0. The number of benzene rings is 1. The molecule has 0 atom stereocenters. The molecule has 6 nitrogen and oxygen atoms in total. The predicted octanol–water partition coefficient (Wildman–Crippen LogP) is 1.46. The van der Waals surface area contributed by atoms with Crippen LogP contribution in [-0.2, 0) is 6.54 Å². The molecule has 0 spiro atoms. The number of nitrogens with two attached hydrogens (primary N) is 3. The SMILES string of the molecule is NCc1cccc(-c2cc(C(N)=O)c(NC(N)=O)s2)c1. The second-order valence-corrected chi connectivity index (χ2v) is 5.16. The molecule has 0 saturated heterocycles. The molecule has 0 aliphatic rings. The molecule has 0 aliphatic heterocycles. The van der Waals surface area contributed by atoms with Crippen LogP contribution in [0.15, 0.2) is 30.3 Å². The quantitative estimate of drug-likeness (QED) is 0.681. The number of amides is 3. The average molecular weight is 290 g/mol. The second kappa shape index (κ2) is 5.72. The number of rotatable bonds is 4. The Bertz CT molecular complexity index is 666. The monoisotopic (exact) mass is 290 g/mol. The van der Waals surface area contributed by atoms with E-state index in [1.165, 1.54) is 11.3 Å². The van der Waals surface area contributed by atoms with E-state index in [0.717, 1.165) is 16.0 Å². The number of carbonyl (C=O) groups excluding carboxylic acids is 2. The van der Waals surface area contributed by atoms with Crippen LogP contribution < -0.4 is 22.5 Å². The van der Waals surface area contributed by atoms with Gasteiger partial charge < -0.3 is 17.2 Å². The smallest absolute Gasteiger partial charge is 0.317 e. The van der Waals surface area contributed by atoms with Crippen LogP contribution in [0.3, 0.4) is 0 Å². The maximum atomic E-state index is 11.4. The summed E-state index contributed by atoms with van der Waals surface area (Å²) in [5.74, 6) is -0.619. The molecular weight excluding hydrogens is 276 g/mol. The van der Waals surface area contributed by atoms with Crippen molar-refractivity contribution in [3.8, 4) is 10.4 Å². The first-order valence-corrected chi connectivity index (χ1v) is 6.62. The van der Waals surface area contributed by atoms with E-state index in [1.54, 1.807) is 6.07 Å². The van der Waals surface area contributed by atoms with Gasteiger partial charge in [0.05, 0.1) is 5.56 Å². The molecular formula is C13H14N4O2S. The minimum Gasteiger partial charge on any atom is -0.366 e. The zero-order valence-corrected chi connectivity index (χ0v) is 11.4. The first-order valence-electron chi connectivity index (χ1n) is 5.80. The molecule has 1 aromatic heterocycles. The lowest BCUT2D eigenvalue weighted by Gasteiger charge is -2.00. The van der Waals surface area contributed by atoms with Gasteiger partial charge in [-0.2, -0.15) is 0 Å². The molecule has 1 heterocycles. The zero-order valence-electron chi connectivity index (χ0n) is 10.6. The average Bonchev–Trinajstić information content (AvgIpc) is 2.82. The van der Waals surface area contributed by atoms with Crippen LogP contribution in [0.2, 0.25) is 0 Å². The van der Waals surface area contributed by atoms with Gasteiger partial charge in [-0.15, -0.1) is 11.3 Å². The van der Waals surface area contributed by atoms with Crippen molar-refractivity contribution in [2.75, 3.05) is 5.32 Å². The summed E-state index contributed by atoms with van der Waals surface area (Å²) in [5, 5.41) is 2.75. The third-order valence-electron chi connectivity index (χ3n) is 2.68. The topological polar surface area (TPSA) is 124 Å². The van der Waals surface area contributed by atoms with E-state index in [1.807, 2.05) is 24.3 Å². The standard InChI is InChI=1S/C13H14N4O2S/c14-6-7-2-1-3-8(4-7)10-5-9(11(15)18)12(20-10)17-13(16)19/h1-5H,6,14H2,(H2,15,18)(H3,16,17,19). The van der Waals surface area contributed by atoms with E-state index in [-0.39, 0.29) is 5.56 Å². The molecule has 7 heteroatoms. The van der Waals surface area contributed by atoms with E-state index in [4.69, 9.17) is 17.2 Å². The number of anilines is 1. The first-order chi connectivity index (χ1) is 9.51. The van der Waals surface area contributed by atoms with Gasteiger partial charge in [-0.05, 0) is 23.3 Å². The minimum atomic E-state index is -0.739. The highest BCUT2D eigenvalue weighted by Gasteiger charge is 2.16. The molecule has 7 N–H and O–H groups in total. The number of primary amides is 2. The van der Waals surface area contributed by atoms with Crippen molar-refractivity contribution >= 4 is 28.3 Å². The summed E-state index contributed by atoms with van der Waals surface area (Å²) in [4.78, 5) is 23.1. The molecule has 0 radical (unpaired) electrons. The Balaban J connectivity index is 2.46. The third-order valence-corrected chi connectivity index (χ3v) is 3.78. The van der Waals surface area contributed by atoms with Crippen molar-refractivity contribution in [2.45, 2.75) is 6.54 Å². The van der Waals surface area contributed by atoms with Crippen LogP contribution in [0.5, 0.6) is 0 Å². The van der Waals surface area contributed by atoms with Gasteiger partial charge in [-0.25, -0.2) is 4.79 Å². The zero-order chi connectivity index (χ0) is 14.7. The molecule has 0 saturated carbocycles. The van der Waals surface area contributed by atoms with Crippen molar-refractivity contribution in [1.82, 2.24) is 0 Å². The summed E-state index contributed by atoms with van der Waals surface area (Å²) in [7, 11) is 0. The number of carbonyl (C=O) groups is 2. The largest absolute Gasteiger partial charge is 0.366 e. The Labute approximate surface area is 119 Å². The van der Waals surface area contributed by atoms with Crippen LogP contribution in [-0.4, -0.2) is 11.9 Å². The maximum Gasteiger partial charge on any atom is 0.317 e. The van der Waals surface area contributed by atoms with Gasteiger partial charge in [0.25, 0.3) is 5.91 Å². The Hall–Kier alpha value is -2.38. The highest BCUT2D eigenvalue weighted by Crippen LogP contribution is 2.35. The molecule has 2 aromatic rings. The molecule has 2 rings (SSSR count). The summed E-state index contributed by atoms with van der Waals surface area (Å²) in [6.45, 7) is 0.425. The molecule has 0 aliphatic carbocycles. The van der Waals surface area contributed by atoms with E-state index in [0.29, 0.717) is 11.5 Å². The summed E-state index contributed by atoms with van der Waals surface area (Å²) in [6, 6.07) is 8.50. The van der Waals surface area contributed by atoms with Gasteiger partial charge in [0.1, 0.15) is 5.00 Å². The maximum absolute atomic E-state index is 11.4. The van der Waals surface area contributed by atoms with Gasteiger partial charge in [0.2, 0.25) is 0 Å². The van der Waals surface area contributed by atoms with Crippen LogP contribution in [0.25, 0.3) is 10.4 Å². The first kappa shape index (κ1) is 14.0. The Morgan fingerprint density at radius 2 is 1.95 bits per heavy atom. The number of nitrogens with one attached hydrogen (secondary N) is 1. The number of thiophene rings is 1. The summed E-state index contributed by atoms with van der Waals surface area (Å²) >= 11 is 1.23. The van der Waals surface area contributed by atoms with Gasteiger partial charge in [0, 0.05) is 11.4 Å². The summed E-state index contributed by atoms with van der Waals surface area (Å²) in [5.41, 5.74) is 18.1. The molecule has 20 heavy (non-hydrogen) atoms. The van der Waals surface area contributed by atoms with Crippen LogP contribution in [0.4, 0.5) is 9.80 Å². The lowest BCUT2D eigenvalue weighted by molar-refractivity contribution is 0.100. The predicted molar refractivity (Wildman–Crippen MR) is 79.4 cm³/mol. The van der Waals surface area contributed by atoms with Gasteiger partial charge >= 0.3 is 6.03 Å². The number of hydrogen-bond acceptors (Lipinski definition) is 4. The molecule has 0 unspecified atom stereocenters. The Morgan fingerprint density at radius 1 is 1.20 bits per heavy atom. The van der Waals surface area contributed by atoms with E-state index < -0.39 is 11.9 Å². The fourth-order valence-corrected chi connectivity index (χ4v) is 2.84. The molecule has 0 fully saturated rings. The normalized spacial score (nSPS) is 10.2. The molecule has 0 bridgehead atoms. The fraction of sp³-hybridized carbons (Fsp3) is 0.0769. The third kappa shape index (κ3) is 2.95. The molecule has 104 valence electrons. The van der Waals surface area contributed by atoms with Crippen LogP contribution in [0, 0.1) is 0 Å². The van der Waals surface area contributed by atoms with Crippen molar-refractivity contribution in [3.05, 3.63) is 41.5 Å². The van der Waals surface area contributed by atoms with E-state index in [2.05, 4.69) is 5.32 Å². The molecule has 1 aromatic carbocycles. The van der Waals surface area contributed by atoms with Crippen molar-refractivity contribution in [1.29, 1.82) is 0 Å². The molecule has 3 amide bonds. The number of hydrogen-bond donors (Lipinski definition) is 4. The Kier molecular flexibility index (Phi) is 4.02. The van der Waals surface area contributed by atoms with Crippen LogP contribution >= 0.6 is 11.3 Å². The van der Waals surface area contributed by atoms with E-state index in [9.17, 15) is 9.59 Å².